The quantitative estimate of drug-likeness (QED) is 0.480. The van der Waals surface area contributed by atoms with Crippen LogP contribution >= 0.6 is 15.9 Å². The third-order valence-corrected chi connectivity index (χ3v) is 4.18. The first-order valence-electron chi connectivity index (χ1n) is 8.01. The summed E-state index contributed by atoms with van der Waals surface area (Å²) in [6, 6.07) is 19.5. The number of nitrogens with one attached hydrogen (secondary N) is 2. The minimum absolute atomic E-state index is 0.339. The summed E-state index contributed by atoms with van der Waals surface area (Å²) in [4.78, 5) is 12.3. The van der Waals surface area contributed by atoms with Crippen LogP contribution in [0.4, 0.5) is 0 Å². The number of halogens is 1. The van der Waals surface area contributed by atoms with E-state index in [1.165, 1.54) is 6.21 Å². The highest BCUT2D eigenvalue weighted by Gasteiger charge is 2.16. The Morgan fingerprint density at radius 3 is 2.46 bits per heavy atom. The number of amides is 1. The van der Waals surface area contributed by atoms with Crippen molar-refractivity contribution in [2.75, 3.05) is 0 Å². The number of carbonyl (C=O) groups is 1. The van der Waals surface area contributed by atoms with Crippen LogP contribution in [0.3, 0.4) is 0 Å². The summed E-state index contributed by atoms with van der Waals surface area (Å²) < 4.78 is 0.746. The molecule has 1 amide bonds. The predicted molar refractivity (Wildman–Crippen MR) is 108 cm³/mol. The van der Waals surface area contributed by atoms with Crippen LogP contribution in [0.25, 0.3) is 17.3 Å². The molecule has 0 bridgehead atoms. The van der Waals surface area contributed by atoms with E-state index in [2.05, 4.69) is 36.7 Å². The fraction of sp³-hybridized carbons (Fsp3) is 0.0500. The zero-order valence-electron chi connectivity index (χ0n) is 14.1. The first kappa shape index (κ1) is 17.8. The van der Waals surface area contributed by atoms with Gasteiger partial charge in [0, 0.05) is 15.6 Å². The van der Waals surface area contributed by atoms with E-state index < -0.39 is 0 Å². The zero-order chi connectivity index (χ0) is 18.4. The molecule has 3 aromatic rings. The average molecular weight is 409 g/mol. The minimum Gasteiger partial charge on any atom is -0.272 e. The summed E-state index contributed by atoms with van der Waals surface area (Å²) >= 11 is 3.41. The summed E-state index contributed by atoms with van der Waals surface area (Å²) in [5, 5.41) is 11.0. The second-order valence-electron chi connectivity index (χ2n) is 5.58. The molecule has 26 heavy (non-hydrogen) atoms. The number of hydrogen-bond acceptors (Lipinski definition) is 3. The number of aromatic nitrogens is 2. The van der Waals surface area contributed by atoms with Gasteiger partial charge in [-0.25, -0.2) is 5.43 Å². The van der Waals surface area contributed by atoms with E-state index in [4.69, 9.17) is 0 Å². The Bertz CT molecular complexity index is 946. The number of H-pyrrole nitrogens is 1. The lowest BCUT2D eigenvalue weighted by Gasteiger charge is -2.00. The SMILES string of the molecule is Cc1c(-c2ccccc2)n[nH]c1C(=O)N/N=C/C(Br)=C/c1ccccc1. The summed E-state index contributed by atoms with van der Waals surface area (Å²) in [7, 11) is 0. The van der Waals surface area contributed by atoms with E-state index in [1.54, 1.807) is 0 Å². The minimum atomic E-state index is -0.339. The molecule has 0 aliphatic carbocycles. The van der Waals surface area contributed by atoms with Gasteiger partial charge in [-0.05, 0) is 34.5 Å². The van der Waals surface area contributed by atoms with E-state index in [-0.39, 0.29) is 5.91 Å². The molecule has 0 saturated carbocycles. The van der Waals surface area contributed by atoms with Crippen molar-refractivity contribution in [3.8, 4) is 11.3 Å². The van der Waals surface area contributed by atoms with Gasteiger partial charge in [0.1, 0.15) is 5.69 Å². The van der Waals surface area contributed by atoms with Crippen LogP contribution in [0.2, 0.25) is 0 Å². The van der Waals surface area contributed by atoms with E-state index in [0.717, 1.165) is 26.9 Å². The highest BCUT2D eigenvalue weighted by atomic mass is 79.9. The number of nitrogens with zero attached hydrogens (tertiary/aromatic N) is 2. The van der Waals surface area contributed by atoms with Gasteiger partial charge in [-0.2, -0.15) is 10.2 Å². The molecular formula is C20H17BrN4O. The molecule has 0 aliphatic rings. The largest absolute Gasteiger partial charge is 0.289 e. The predicted octanol–water partition coefficient (Wildman–Crippen LogP) is 4.54. The lowest BCUT2D eigenvalue weighted by Crippen LogP contribution is -2.19. The van der Waals surface area contributed by atoms with Gasteiger partial charge in [0.15, 0.2) is 0 Å². The standard InChI is InChI=1S/C20H17BrN4O/c1-14-18(16-10-6-3-7-11-16)23-24-19(14)20(26)25-22-13-17(21)12-15-8-4-2-5-9-15/h2-13H,1H3,(H,23,24)(H,25,26)/b17-12-,22-13+. The molecule has 0 atom stereocenters. The smallest absolute Gasteiger partial charge is 0.272 e. The van der Waals surface area contributed by atoms with Crippen molar-refractivity contribution in [2.45, 2.75) is 6.92 Å². The van der Waals surface area contributed by atoms with Gasteiger partial charge in [-0.3, -0.25) is 9.89 Å². The Morgan fingerprint density at radius 2 is 1.77 bits per heavy atom. The summed E-state index contributed by atoms with van der Waals surface area (Å²) in [6.45, 7) is 1.86. The van der Waals surface area contributed by atoms with Gasteiger partial charge in [0.05, 0.1) is 11.9 Å². The maximum Gasteiger partial charge on any atom is 0.289 e. The van der Waals surface area contributed by atoms with Crippen LogP contribution in [0.1, 0.15) is 21.6 Å². The third-order valence-electron chi connectivity index (χ3n) is 3.74. The van der Waals surface area contributed by atoms with Gasteiger partial charge in [0.25, 0.3) is 5.91 Å². The number of allylic oxidation sites excluding steroid dienone is 1. The van der Waals surface area contributed by atoms with Crippen LogP contribution in [-0.4, -0.2) is 22.3 Å². The average Bonchev–Trinajstić information content (AvgIpc) is 3.04. The number of benzene rings is 2. The number of rotatable bonds is 5. The maximum absolute atomic E-state index is 12.3. The van der Waals surface area contributed by atoms with Gasteiger partial charge in [-0.15, -0.1) is 0 Å². The normalized spacial score (nSPS) is 11.7. The molecule has 0 saturated heterocycles. The molecule has 1 heterocycles. The molecular weight excluding hydrogens is 392 g/mol. The topological polar surface area (TPSA) is 70.1 Å². The molecule has 3 rings (SSSR count). The Balaban J connectivity index is 1.67. The number of carbonyl (C=O) groups excluding carboxylic acids is 1. The lowest BCUT2D eigenvalue weighted by atomic mass is 10.1. The second kappa shape index (κ2) is 8.40. The highest BCUT2D eigenvalue weighted by molar-refractivity contribution is 9.12. The lowest BCUT2D eigenvalue weighted by molar-refractivity contribution is 0.0949. The molecule has 5 nitrogen and oxygen atoms in total. The van der Waals surface area contributed by atoms with E-state index in [0.29, 0.717) is 5.69 Å². The van der Waals surface area contributed by atoms with Crippen molar-refractivity contribution < 1.29 is 4.79 Å². The monoisotopic (exact) mass is 408 g/mol. The number of hydrogen-bond donors (Lipinski definition) is 2. The van der Waals surface area contributed by atoms with Crippen molar-refractivity contribution in [1.29, 1.82) is 0 Å². The van der Waals surface area contributed by atoms with Crippen molar-refractivity contribution >= 4 is 34.1 Å². The number of aromatic amines is 1. The van der Waals surface area contributed by atoms with Crippen LogP contribution in [0.5, 0.6) is 0 Å². The molecule has 0 fully saturated rings. The molecule has 2 aromatic carbocycles. The van der Waals surface area contributed by atoms with Crippen LogP contribution in [0, 0.1) is 6.92 Å². The van der Waals surface area contributed by atoms with Gasteiger partial charge >= 0.3 is 0 Å². The number of hydrazone groups is 1. The molecule has 0 unspecified atom stereocenters. The van der Waals surface area contributed by atoms with E-state index >= 15 is 0 Å². The van der Waals surface area contributed by atoms with Gasteiger partial charge in [0.2, 0.25) is 0 Å². The van der Waals surface area contributed by atoms with Gasteiger partial charge < -0.3 is 0 Å². The Morgan fingerprint density at radius 1 is 1.12 bits per heavy atom. The fourth-order valence-corrected chi connectivity index (χ4v) is 2.82. The van der Waals surface area contributed by atoms with Crippen LogP contribution < -0.4 is 5.43 Å². The van der Waals surface area contributed by atoms with E-state index in [9.17, 15) is 4.79 Å². The molecule has 130 valence electrons. The molecule has 6 heteroatoms. The molecule has 1 aromatic heterocycles. The van der Waals surface area contributed by atoms with Crippen molar-refractivity contribution in [2.24, 2.45) is 5.10 Å². The highest BCUT2D eigenvalue weighted by Crippen LogP contribution is 2.22. The Hall–Kier alpha value is -2.99. The molecule has 0 radical (unpaired) electrons. The Labute approximate surface area is 160 Å². The second-order valence-corrected chi connectivity index (χ2v) is 6.49. The Kier molecular flexibility index (Phi) is 5.76. The van der Waals surface area contributed by atoms with Crippen molar-refractivity contribution in [3.63, 3.8) is 0 Å². The van der Waals surface area contributed by atoms with E-state index in [1.807, 2.05) is 73.7 Å². The van der Waals surface area contributed by atoms with Gasteiger partial charge in [-0.1, -0.05) is 60.7 Å². The summed E-state index contributed by atoms with van der Waals surface area (Å²) in [5.74, 6) is -0.339. The van der Waals surface area contributed by atoms with Crippen molar-refractivity contribution in [3.05, 3.63) is 82.0 Å². The summed E-state index contributed by atoms with van der Waals surface area (Å²) in [5.41, 5.74) is 6.43. The molecule has 0 aliphatic heterocycles. The molecule has 2 N–H and O–H groups in total. The maximum atomic E-state index is 12.3. The zero-order valence-corrected chi connectivity index (χ0v) is 15.7. The first-order valence-corrected chi connectivity index (χ1v) is 8.80. The van der Waals surface area contributed by atoms with Crippen LogP contribution in [-0.2, 0) is 0 Å². The fourth-order valence-electron chi connectivity index (χ4n) is 2.45. The summed E-state index contributed by atoms with van der Waals surface area (Å²) in [6.07, 6.45) is 3.44. The molecule has 0 spiro atoms. The third kappa shape index (κ3) is 4.34. The van der Waals surface area contributed by atoms with Crippen molar-refractivity contribution in [1.82, 2.24) is 15.6 Å². The first-order chi connectivity index (χ1) is 12.6. The van der Waals surface area contributed by atoms with Crippen LogP contribution in [0.15, 0.2) is 70.2 Å².